The van der Waals surface area contributed by atoms with Gasteiger partial charge >= 0.3 is 0 Å². The average Bonchev–Trinajstić information content (AvgIpc) is 3.22. The molecule has 2 aromatic heterocycles. The minimum Gasteiger partial charge on any atom is -0.493 e. The van der Waals surface area contributed by atoms with E-state index in [0.29, 0.717) is 46.3 Å². The second kappa shape index (κ2) is 9.26. The first-order chi connectivity index (χ1) is 15.1. The number of fused-ring (bicyclic) bond motifs is 1. The Morgan fingerprint density at radius 3 is 2.61 bits per heavy atom. The van der Waals surface area contributed by atoms with E-state index in [9.17, 15) is 4.79 Å². The molecule has 0 aliphatic carbocycles. The number of nitrogens with zero attached hydrogens (tertiary/aromatic N) is 3. The number of hydrogen-bond acceptors (Lipinski definition) is 7. The Hall–Kier alpha value is -3.26. The van der Waals surface area contributed by atoms with Crippen molar-refractivity contribution in [3.05, 3.63) is 75.9 Å². The van der Waals surface area contributed by atoms with Gasteiger partial charge in [-0.1, -0.05) is 35.1 Å². The smallest absolute Gasteiger partial charge is 0.262 e. The first kappa shape index (κ1) is 21.0. The number of hydrogen-bond donors (Lipinski definition) is 0. The van der Waals surface area contributed by atoms with Crippen molar-refractivity contribution in [2.75, 3.05) is 14.2 Å². The van der Waals surface area contributed by atoms with E-state index >= 15 is 0 Å². The number of thioether (sulfide) groups is 1. The Morgan fingerprint density at radius 2 is 1.87 bits per heavy atom. The van der Waals surface area contributed by atoms with E-state index in [1.54, 1.807) is 18.8 Å². The van der Waals surface area contributed by atoms with Gasteiger partial charge in [0, 0.05) is 18.4 Å². The predicted molar refractivity (Wildman–Crippen MR) is 120 cm³/mol. The molecule has 0 bridgehead atoms. The van der Waals surface area contributed by atoms with E-state index in [0.717, 1.165) is 17.0 Å². The van der Waals surface area contributed by atoms with Crippen LogP contribution in [-0.2, 0) is 18.7 Å². The standard InChI is InChI=1S/C23H23N3O4S/c1-15-12-17(25-30-15)14-31-23-24-19-7-5-4-6-18(19)22(27)26(23)11-10-16-8-9-20(28-2)21(13-16)29-3/h4-9,12-13H,10-11,14H2,1-3H3. The summed E-state index contributed by atoms with van der Waals surface area (Å²) in [6, 6.07) is 15.1. The highest BCUT2D eigenvalue weighted by Crippen LogP contribution is 2.28. The molecular weight excluding hydrogens is 414 g/mol. The second-order valence-electron chi connectivity index (χ2n) is 7.03. The van der Waals surface area contributed by atoms with Gasteiger partial charge in [0.15, 0.2) is 16.7 Å². The van der Waals surface area contributed by atoms with Gasteiger partial charge in [-0.3, -0.25) is 9.36 Å². The summed E-state index contributed by atoms with van der Waals surface area (Å²) in [4.78, 5) is 18.0. The maximum atomic E-state index is 13.2. The van der Waals surface area contributed by atoms with Crippen LogP contribution in [0.4, 0.5) is 0 Å². The Kier molecular flexibility index (Phi) is 6.27. The third-order valence-corrected chi connectivity index (χ3v) is 5.93. The highest BCUT2D eigenvalue weighted by molar-refractivity contribution is 7.98. The molecule has 8 heteroatoms. The van der Waals surface area contributed by atoms with Crippen LogP contribution in [0.2, 0.25) is 0 Å². The summed E-state index contributed by atoms with van der Waals surface area (Å²) in [5.41, 5.74) is 2.50. The molecule has 0 unspecified atom stereocenters. The predicted octanol–water partition coefficient (Wildman–Crippen LogP) is 4.25. The minimum absolute atomic E-state index is 0.0510. The van der Waals surface area contributed by atoms with Gasteiger partial charge in [0.25, 0.3) is 5.56 Å². The quantitative estimate of drug-likeness (QED) is 0.301. The molecule has 160 valence electrons. The molecule has 0 amide bonds. The molecule has 7 nitrogen and oxygen atoms in total. The van der Waals surface area contributed by atoms with E-state index in [2.05, 4.69) is 5.16 Å². The molecule has 0 radical (unpaired) electrons. The van der Waals surface area contributed by atoms with Gasteiger partial charge in [0.05, 0.1) is 30.8 Å². The average molecular weight is 438 g/mol. The fourth-order valence-corrected chi connectivity index (χ4v) is 4.26. The fraction of sp³-hybridized carbons (Fsp3) is 0.261. The van der Waals surface area contributed by atoms with Crippen molar-refractivity contribution >= 4 is 22.7 Å². The van der Waals surface area contributed by atoms with Crippen LogP contribution in [0.5, 0.6) is 11.5 Å². The molecule has 0 atom stereocenters. The molecule has 31 heavy (non-hydrogen) atoms. The van der Waals surface area contributed by atoms with Crippen molar-refractivity contribution in [1.29, 1.82) is 0 Å². The van der Waals surface area contributed by atoms with Crippen LogP contribution in [0.25, 0.3) is 10.9 Å². The summed E-state index contributed by atoms with van der Waals surface area (Å²) in [7, 11) is 3.22. The molecule has 2 aromatic carbocycles. The van der Waals surface area contributed by atoms with Crippen LogP contribution in [0.15, 0.2) is 63.0 Å². The Labute approximate surface area is 184 Å². The number of para-hydroxylation sites is 1. The van der Waals surface area contributed by atoms with E-state index < -0.39 is 0 Å². The number of methoxy groups -OCH3 is 2. The summed E-state index contributed by atoms with van der Waals surface area (Å²) < 4.78 is 17.6. The fourth-order valence-electron chi connectivity index (χ4n) is 3.36. The monoisotopic (exact) mass is 437 g/mol. The molecule has 0 saturated carbocycles. The lowest BCUT2D eigenvalue weighted by molar-refractivity contribution is 0.354. The Balaban J connectivity index is 1.64. The Morgan fingerprint density at radius 1 is 1.06 bits per heavy atom. The lowest BCUT2D eigenvalue weighted by Gasteiger charge is -2.14. The molecular formula is C23H23N3O4S. The summed E-state index contributed by atoms with van der Waals surface area (Å²) >= 11 is 1.48. The van der Waals surface area contributed by atoms with Crippen molar-refractivity contribution in [3.63, 3.8) is 0 Å². The van der Waals surface area contributed by atoms with Crippen molar-refractivity contribution in [1.82, 2.24) is 14.7 Å². The molecule has 0 N–H and O–H groups in total. The number of benzene rings is 2. The molecule has 4 rings (SSSR count). The number of aromatic nitrogens is 3. The highest BCUT2D eigenvalue weighted by atomic mass is 32.2. The largest absolute Gasteiger partial charge is 0.493 e. The van der Waals surface area contributed by atoms with Crippen LogP contribution in [0.3, 0.4) is 0 Å². The van der Waals surface area contributed by atoms with Gasteiger partial charge < -0.3 is 14.0 Å². The number of ether oxygens (including phenoxy) is 2. The van der Waals surface area contributed by atoms with Gasteiger partial charge in [-0.2, -0.15) is 0 Å². The van der Waals surface area contributed by atoms with E-state index in [4.69, 9.17) is 19.0 Å². The zero-order valence-electron chi connectivity index (χ0n) is 17.6. The van der Waals surface area contributed by atoms with Gasteiger partial charge in [-0.05, 0) is 43.2 Å². The molecule has 0 spiro atoms. The first-order valence-corrected chi connectivity index (χ1v) is 10.8. The first-order valence-electron chi connectivity index (χ1n) is 9.84. The van der Waals surface area contributed by atoms with Gasteiger partial charge in [0.1, 0.15) is 5.76 Å². The van der Waals surface area contributed by atoms with E-state index in [1.165, 1.54) is 11.8 Å². The zero-order chi connectivity index (χ0) is 21.8. The van der Waals surface area contributed by atoms with Gasteiger partial charge in [-0.25, -0.2) is 4.98 Å². The molecule has 0 aliphatic heterocycles. The van der Waals surface area contributed by atoms with Crippen LogP contribution in [-0.4, -0.2) is 28.9 Å². The van der Waals surface area contributed by atoms with Crippen LogP contribution in [0.1, 0.15) is 17.0 Å². The van der Waals surface area contributed by atoms with Gasteiger partial charge in [0.2, 0.25) is 0 Å². The third-order valence-electron chi connectivity index (χ3n) is 4.92. The minimum atomic E-state index is -0.0510. The molecule has 0 saturated heterocycles. The van der Waals surface area contributed by atoms with Crippen LogP contribution in [0, 0.1) is 6.92 Å². The normalized spacial score (nSPS) is 11.1. The van der Waals surface area contributed by atoms with Crippen molar-refractivity contribution in [2.24, 2.45) is 0 Å². The summed E-state index contributed by atoms with van der Waals surface area (Å²) in [5.74, 6) is 2.67. The zero-order valence-corrected chi connectivity index (χ0v) is 18.4. The van der Waals surface area contributed by atoms with E-state index in [1.807, 2.05) is 55.5 Å². The van der Waals surface area contributed by atoms with Crippen LogP contribution < -0.4 is 15.0 Å². The summed E-state index contributed by atoms with van der Waals surface area (Å²) in [5, 5.41) is 5.30. The molecule has 0 fully saturated rings. The topological polar surface area (TPSA) is 79.4 Å². The lowest BCUT2D eigenvalue weighted by Crippen LogP contribution is -2.24. The summed E-state index contributed by atoms with van der Waals surface area (Å²) in [6.45, 7) is 2.35. The lowest BCUT2D eigenvalue weighted by atomic mass is 10.1. The maximum Gasteiger partial charge on any atom is 0.262 e. The highest BCUT2D eigenvalue weighted by Gasteiger charge is 2.13. The molecule has 2 heterocycles. The SMILES string of the molecule is COc1ccc(CCn2c(SCc3cc(C)on3)nc3ccccc3c2=O)cc1OC. The molecule has 4 aromatic rings. The Bertz CT molecular complexity index is 1270. The van der Waals surface area contributed by atoms with Gasteiger partial charge in [-0.15, -0.1) is 0 Å². The van der Waals surface area contributed by atoms with Crippen molar-refractivity contribution in [3.8, 4) is 11.5 Å². The second-order valence-corrected chi connectivity index (χ2v) is 7.97. The number of rotatable bonds is 8. The van der Waals surface area contributed by atoms with E-state index in [-0.39, 0.29) is 5.56 Å². The maximum absolute atomic E-state index is 13.2. The summed E-state index contributed by atoms with van der Waals surface area (Å²) in [6.07, 6.45) is 0.650. The third kappa shape index (κ3) is 4.59. The number of aryl methyl sites for hydroxylation is 2. The van der Waals surface area contributed by atoms with Crippen LogP contribution >= 0.6 is 11.8 Å². The van der Waals surface area contributed by atoms with Crippen molar-refractivity contribution < 1.29 is 14.0 Å². The van der Waals surface area contributed by atoms with Crippen molar-refractivity contribution in [2.45, 2.75) is 30.8 Å². The molecule has 0 aliphatic rings.